The number of hydrogen-bond donors (Lipinski definition) is 1. The van der Waals surface area contributed by atoms with Gasteiger partial charge in [-0.1, -0.05) is 64.7 Å². The Balaban J connectivity index is 2.98. The molecule has 0 rings (SSSR count). The smallest absolute Gasteiger partial charge is 0.0671 e. The standard InChI is InChI=1S/C16H35NO/c1-4-5-6-7-8-9-10-11-12-13-14-18-16(2)15-17-3/h16-17H,4-15H2,1-3H3. The van der Waals surface area contributed by atoms with E-state index in [1.54, 1.807) is 0 Å². The normalized spacial score (nSPS) is 12.8. The number of unbranched alkanes of at least 4 members (excludes halogenated alkanes) is 9. The van der Waals surface area contributed by atoms with Gasteiger partial charge in [0.05, 0.1) is 6.10 Å². The van der Waals surface area contributed by atoms with Crippen molar-refractivity contribution < 1.29 is 4.74 Å². The van der Waals surface area contributed by atoms with E-state index >= 15 is 0 Å². The van der Waals surface area contributed by atoms with E-state index in [0.717, 1.165) is 13.2 Å². The van der Waals surface area contributed by atoms with Crippen molar-refractivity contribution in [2.75, 3.05) is 20.2 Å². The molecule has 0 aliphatic carbocycles. The molecule has 0 saturated heterocycles. The van der Waals surface area contributed by atoms with E-state index in [1.165, 1.54) is 64.2 Å². The van der Waals surface area contributed by atoms with Crippen LogP contribution in [0.15, 0.2) is 0 Å². The van der Waals surface area contributed by atoms with Crippen LogP contribution >= 0.6 is 0 Å². The van der Waals surface area contributed by atoms with E-state index < -0.39 is 0 Å². The lowest BCUT2D eigenvalue weighted by Crippen LogP contribution is -2.23. The van der Waals surface area contributed by atoms with Crippen LogP contribution in [0.4, 0.5) is 0 Å². The zero-order valence-corrected chi connectivity index (χ0v) is 13.0. The molecule has 0 radical (unpaired) electrons. The first kappa shape index (κ1) is 17.9. The van der Waals surface area contributed by atoms with Crippen molar-refractivity contribution in [3.05, 3.63) is 0 Å². The molecule has 0 fully saturated rings. The minimum Gasteiger partial charge on any atom is -0.377 e. The first-order chi connectivity index (χ1) is 8.81. The third kappa shape index (κ3) is 14.0. The van der Waals surface area contributed by atoms with Crippen molar-refractivity contribution in [3.8, 4) is 0 Å². The summed E-state index contributed by atoms with van der Waals surface area (Å²) in [7, 11) is 1.97. The molecule has 0 aromatic carbocycles. The summed E-state index contributed by atoms with van der Waals surface area (Å²) in [5.41, 5.74) is 0. The van der Waals surface area contributed by atoms with Crippen LogP contribution in [0.25, 0.3) is 0 Å². The monoisotopic (exact) mass is 257 g/mol. The Morgan fingerprint density at radius 3 is 1.83 bits per heavy atom. The van der Waals surface area contributed by atoms with Crippen LogP contribution in [-0.2, 0) is 4.74 Å². The molecule has 1 unspecified atom stereocenters. The molecule has 1 N–H and O–H groups in total. The van der Waals surface area contributed by atoms with Gasteiger partial charge in [-0.25, -0.2) is 0 Å². The maximum Gasteiger partial charge on any atom is 0.0671 e. The third-order valence-electron chi connectivity index (χ3n) is 3.39. The topological polar surface area (TPSA) is 21.3 Å². The van der Waals surface area contributed by atoms with Gasteiger partial charge in [0.15, 0.2) is 0 Å². The molecule has 0 aliphatic heterocycles. The highest BCUT2D eigenvalue weighted by atomic mass is 16.5. The highest BCUT2D eigenvalue weighted by Gasteiger charge is 1.99. The van der Waals surface area contributed by atoms with Crippen LogP contribution in [0, 0.1) is 0 Å². The Hall–Kier alpha value is -0.0800. The Morgan fingerprint density at radius 1 is 0.833 bits per heavy atom. The maximum absolute atomic E-state index is 5.69. The fourth-order valence-corrected chi connectivity index (χ4v) is 2.22. The van der Waals surface area contributed by atoms with E-state index in [1.807, 2.05) is 7.05 Å². The van der Waals surface area contributed by atoms with Gasteiger partial charge in [-0.2, -0.15) is 0 Å². The summed E-state index contributed by atoms with van der Waals surface area (Å²) >= 11 is 0. The Morgan fingerprint density at radius 2 is 1.33 bits per heavy atom. The lowest BCUT2D eigenvalue weighted by atomic mass is 10.1. The molecule has 0 spiro atoms. The van der Waals surface area contributed by atoms with Gasteiger partial charge in [0.2, 0.25) is 0 Å². The fraction of sp³-hybridized carbons (Fsp3) is 1.00. The Labute approximate surface area is 115 Å². The van der Waals surface area contributed by atoms with Gasteiger partial charge in [-0.3, -0.25) is 0 Å². The van der Waals surface area contributed by atoms with E-state index in [-0.39, 0.29) is 0 Å². The second-order valence-corrected chi connectivity index (χ2v) is 5.42. The number of hydrogen-bond acceptors (Lipinski definition) is 2. The summed E-state index contributed by atoms with van der Waals surface area (Å²) in [6.45, 7) is 6.30. The summed E-state index contributed by atoms with van der Waals surface area (Å²) < 4.78 is 5.69. The van der Waals surface area contributed by atoms with Gasteiger partial charge >= 0.3 is 0 Å². The van der Waals surface area contributed by atoms with Crippen molar-refractivity contribution in [2.24, 2.45) is 0 Å². The van der Waals surface area contributed by atoms with Gasteiger partial charge in [0.25, 0.3) is 0 Å². The molecule has 0 aromatic heterocycles. The number of likely N-dealkylation sites (N-methyl/N-ethyl adjacent to an activating group) is 1. The molecule has 0 heterocycles. The molecule has 0 bridgehead atoms. The van der Waals surface area contributed by atoms with E-state index in [9.17, 15) is 0 Å². The highest BCUT2D eigenvalue weighted by molar-refractivity contribution is 4.52. The lowest BCUT2D eigenvalue weighted by Gasteiger charge is -2.11. The van der Waals surface area contributed by atoms with Crippen molar-refractivity contribution in [2.45, 2.75) is 84.2 Å². The Kier molecular flexibility index (Phi) is 14.9. The molecular weight excluding hydrogens is 222 g/mol. The quantitative estimate of drug-likeness (QED) is 0.462. The largest absolute Gasteiger partial charge is 0.377 e. The first-order valence-electron chi connectivity index (χ1n) is 8.07. The summed E-state index contributed by atoms with van der Waals surface area (Å²) in [6, 6.07) is 0. The molecular formula is C16H35NO. The molecule has 0 aliphatic rings. The molecule has 0 saturated carbocycles. The molecule has 1 atom stereocenters. The van der Waals surface area contributed by atoms with Gasteiger partial charge in [-0.05, 0) is 20.4 Å². The molecule has 0 aromatic rings. The SMILES string of the molecule is CCCCCCCCCCCCOC(C)CNC. The second kappa shape index (κ2) is 15.0. The summed E-state index contributed by atoms with van der Waals surface area (Å²) in [5.74, 6) is 0. The number of nitrogens with one attached hydrogen (secondary N) is 1. The van der Waals surface area contributed by atoms with Crippen LogP contribution in [0.1, 0.15) is 78.1 Å². The molecule has 2 nitrogen and oxygen atoms in total. The fourth-order valence-electron chi connectivity index (χ4n) is 2.22. The molecule has 110 valence electrons. The summed E-state index contributed by atoms with van der Waals surface area (Å²) in [6.07, 6.45) is 14.2. The molecule has 2 heteroatoms. The van der Waals surface area contributed by atoms with E-state index in [0.29, 0.717) is 6.10 Å². The highest BCUT2D eigenvalue weighted by Crippen LogP contribution is 2.10. The number of rotatable bonds is 14. The van der Waals surface area contributed by atoms with Crippen molar-refractivity contribution in [1.29, 1.82) is 0 Å². The van der Waals surface area contributed by atoms with Crippen molar-refractivity contribution in [1.82, 2.24) is 5.32 Å². The van der Waals surface area contributed by atoms with E-state index in [2.05, 4.69) is 19.2 Å². The predicted molar refractivity (Wildman–Crippen MR) is 81.2 cm³/mol. The minimum atomic E-state index is 0.355. The Bertz CT molecular complexity index is 150. The second-order valence-electron chi connectivity index (χ2n) is 5.42. The minimum absolute atomic E-state index is 0.355. The van der Waals surface area contributed by atoms with Crippen molar-refractivity contribution in [3.63, 3.8) is 0 Å². The van der Waals surface area contributed by atoms with Crippen LogP contribution in [0.2, 0.25) is 0 Å². The summed E-state index contributed by atoms with van der Waals surface area (Å²) in [4.78, 5) is 0. The zero-order chi connectivity index (χ0) is 13.5. The predicted octanol–water partition coefficient (Wildman–Crippen LogP) is 4.53. The zero-order valence-electron chi connectivity index (χ0n) is 13.0. The van der Waals surface area contributed by atoms with E-state index in [4.69, 9.17) is 4.74 Å². The van der Waals surface area contributed by atoms with Crippen LogP contribution in [0.3, 0.4) is 0 Å². The van der Waals surface area contributed by atoms with Crippen LogP contribution < -0.4 is 5.32 Å². The van der Waals surface area contributed by atoms with Gasteiger partial charge in [0, 0.05) is 13.2 Å². The summed E-state index contributed by atoms with van der Waals surface area (Å²) in [5, 5.41) is 3.13. The van der Waals surface area contributed by atoms with Gasteiger partial charge in [0.1, 0.15) is 0 Å². The molecule has 18 heavy (non-hydrogen) atoms. The van der Waals surface area contributed by atoms with Crippen molar-refractivity contribution >= 4 is 0 Å². The lowest BCUT2D eigenvalue weighted by molar-refractivity contribution is 0.0643. The van der Waals surface area contributed by atoms with Crippen LogP contribution in [0.5, 0.6) is 0 Å². The van der Waals surface area contributed by atoms with Crippen LogP contribution in [-0.4, -0.2) is 26.3 Å². The average Bonchev–Trinajstić information content (AvgIpc) is 2.36. The third-order valence-corrected chi connectivity index (χ3v) is 3.39. The first-order valence-corrected chi connectivity index (χ1v) is 8.07. The molecule has 0 amide bonds. The van der Waals surface area contributed by atoms with Gasteiger partial charge in [-0.15, -0.1) is 0 Å². The maximum atomic E-state index is 5.69. The van der Waals surface area contributed by atoms with Gasteiger partial charge < -0.3 is 10.1 Å². The average molecular weight is 257 g/mol. The number of ether oxygens (including phenoxy) is 1.